The number of fused-ring (bicyclic) bond motifs is 1. The zero-order valence-electron chi connectivity index (χ0n) is 9.73. The van der Waals surface area contributed by atoms with E-state index in [1.165, 1.54) is 12.8 Å². The Morgan fingerprint density at radius 2 is 2.35 bits per heavy atom. The number of aromatic nitrogens is 1. The Hall–Kier alpha value is -1.61. The molecule has 1 saturated heterocycles. The molecular formula is C14H16N2O. The Balaban J connectivity index is 1.72. The summed E-state index contributed by atoms with van der Waals surface area (Å²) in [5.74, 6) is 0.907. The molecule has 1 atom stereocenters. The Morgan fingerprint density at radius 3 is 3.24 bits per heavy atom. The highest BCUT2D eigenvalue weighted by molar-refractivity contribution is 5.79. The van der Waals surface area contributed by atoms with Gasteiger partial charge in [-0.3, -0.25) is 4.98 Å². The molecule has 0 bridgehead atoms. The van der Waals surface area contributed by atoms with Crippen LogP contribution in [0.1, 0.15) is 12.8 Å². The van der Waals surface area contributed by atoms with Gasteiger partial charge in [-0.25, -0.2) is 0 Å². The second-order valence-electron chi connectivity index (χ2n) is 4.46. The van der Waals surface area contributed by atoms with Crippen LogP contribution < -0.4 is 10.1 Å². The summed E-state index contributed by atoms with van der Waals surface area (Å²) in [5, 5.41) is 4.58. The van der Waals surface area contributed by atoms with E-state index in [2.05, 4.69) is 22.4 Å². The van der Waals surface area contributed by atoms with E-state index in [4.69, 9.17) is 4.74 Å². The quantitative estimate of drug-likeness (QED) is 0.875. The molecule has 1 aliphatic heterocycles. The zero-order valence-corrected chi connectivity index (χ0v) is 9.73. The van der Waals surface area contributed by atoms with Gasteiger partial charge in [-0.05, 0) is 37.6 Å². The Morgan fingerprint density at radius 1 is 1.35 bits per heavy atom. The number of nitrogens with one attached hydrogen (secondary N) is 1. The topological polar surface area (TPSA) is 34.1 Å². The molecule has 0 aliphatic carbocycles. The van der Waals surface area contributed by atoms with Gasteiger partial charge in [-0.1, -0.05) is 6.07 Å². The van der Waals surface area contributed by atoms with Crippen LogP contribution in [-0.2, 0) is 0 Å². The summed E-state index contributed by atoms with van der Waals surface area (Å²) in [7, 11) is 0. The van der Waals surface area contributed by atoms with Crippen LogP contribution in [0.4, 0.5) is 0 Å². The molecule has 1 aliphatic rings. The summed E-state index contributed by atoms with van der Waals surface area (Å²) in [5.41, 5.74) is 0.990. The highest BCUT2D eigenvalue weighted by Crippen LogP contribution is 2.19. The summed E-state index contributed by atoms with van der Waals surface area (Å²) in [4.78, 5) is 4.33. The zero-order chi connectivity index (χ0) is 11.5. The van der Waals surface area contributed by atoms with Crippen LogP contribution in [0, 0.1) is 0 Å². The van der Waals surface area contributed by atoms with E-state index >= 15 is 0 Å². The van der Waals surface area contributed by atoms with E-state index < -0.39 is 0 Å². The van der Waals surface area contributed by atoms with Crippen molar-refractivity contribution in [3.8, 4) is 5.75 Å². The number of benzene rings is 1. The normalized spacial score (nSPS) is 19.6. The van der Waals surface area contributed by atoms with Crippen LogP contribution >= 0.6 is 0 Å². The lowest BCUT2D eigenvalue weighted by molar-refractivity contribution is 0.277. The van der Waals surface area contributed by atoms with Crippen LogP contribution in [0.5, 0.6) is 5.75 Å². The van der Waals surface area contributed by atoms with Crippen LogP contribution in [0.25, 0.3) is 10.9 Å². The average Bonchev–Trinajstić information content (AvgIpc) is 2.89. The molecule has 1 fully saturated rings. The van der Waals surface area contributed by atoms with Gasteiger partial charge in [0.15, 0.2) is 0 Å². The van der Waals surface area contributed by atoms with Crippen molar-refractivity contribution in [2.75, 3.05) is 13.2 Å². The Bertz CT molecular complexity index is 506. The fraction of sp³-hybridized carbons (Fsp3) is 0.357. The summed E-state index contributed by atoms with van der Waals surface area (Å²) >= 11 is 0. The molecule has 3 nitrogen and oxygen atoms in total. The average molecular weight is 228 g/mol. The maximum Gasteiger partial charge on any atom is 0.121 e. The minimum Gasteiger partial charge on any atom is -0.492 e. The molecular weight excluding hydrogens is 212 g/mol. The van der Waals surface area contributed by atoms with Gasteiger partial charge in [0.2, 0.25) is 0 Å². The van der Waals surface area contributed by atoms with E-state index in [0.29, 0.717) is 6.04 Å². The molecule has 2 heterocycles. The van der Waals surface area contributed by atoms with Crippen LogP contribution in [0.3, 0.4) is 0 Å². The van der Waals surface area contributed by atoms with Gasteiger partial charge in [-0.2, -0.15) is 0 Å². The van der Waals surface area contributed by atoms with Crippen molar-refractivity contribution in [2.45, 2.75) is 18.9 Å². The SMILES string of the molecule is c1cnc2cc(OC[C@@H]3CCCN3)ccc2c1. The number of rotatable bonds is 3. The van der Waals surface area contributed by atoms with Gasteiger partial charge < -0.3 is 10.1 Å². The highest BCUT2D eigenvalue weighted by atomic mass is 16.5. The minimum absolute atomic E-state index is 0.509. The molecule has 2 aromatic rings. The number of hydrogen-bond donors (Lipinski definition) is 1. The van der Waals surface area contributed by atoms with Gasteiger partial charge in [-0.15, -0.1) is 0 Å². The van der Waals surface area contributed by atoms with Gasteiger partial charge in [0.1, 0.15) is 12.4 Å². The van der Waals surface area contributed by atoms with Crippen LogP contribution in [0.2, 0.25) is 0 Å². The predicted molar refractivity (Wildman–Crippen MR) is 68.3 cm³/mol. The van der Waals surface area contributed by atoms with E-state index in [9.17, 15) is 0 Å². The van der Waals surface area contributed by atoms with Crippen molar-refractivity contribution in [3.05, 3.63) is 36.5 Å². The smallest absolute Gasteiger partial charge is 0.121 e. The second-order valence-corrected chi connectivity index (χ2v) is 4.46. The van der Waals surface area contributed by atoms with E-state index in [1.54, 1.807) is 0 Å². The number of pyridine rings is 1. The molecule has 88 valence electrons. The maximum absolute atomic E-state index is 5.80. The molecule has 1 aromatic carbocycles. The van der Waals surface area contributed by atoms with Crippen molar-refractivity contribution in [2.24, 2.45) is 0 Å². The fourth-order valence-corrected chi connectivity index (χ4v) is 2.23. The molecule has 1 N–H and O–H groups in total. The Labute approximate surface area is 101 Å². The first kappa shape index (κ1) is 10.5. The third-order valence-corrected chi connectivity index (χ3v) is 3.19. The second kappa shape index (κ2) is 4.72. The van der Waals surface area contributed by atoms with Crippen LogP contribution in [-0.4, -0.2) is 24.2 Å². The molecule has 0 unspecified atom stereocenters. The highest BCUT2D eigenvalue weighted by Gasteiger charge is 2.14. The lowest BCUT2D eigenvalue weighted by Gasteiger charge is -2.12. The molecule has 0 saturated carbocycles. The molecule has 0 amide bonds. The monoisotopic (exact) mass is 228 g/mol. The summed E-state index contributed by atoms with van der Waals surface area (Å²) in [6, 6.07) is 10.6. The first-order valence-corrected chi connectivity index (χ1v) is 6.13. The van der Waals surface area contributed by atoms with Gasteiger partial charge in [0, 0.05) is 23.7 Å². The lowest BCUT2D eigenvalue weighted by Crippen LogP contribution is -2.28. The van der Waals surface area contributed by atoms with Gasteiger partial charge in [0.25, 0.3) is 0 Å². The predicted octanol–water partition coefficient (Wildman–Crippen LogP) is 2.37. The summed E-state index contributed by atoms with van der Waals surface area (Å²) < 4.78 is 5.80. The molecule has 1 aromatic heterocycles. The fourth-order valence-electron chi connectivity index (χ4n) is 2.23. The van der Waals surface area contributed by atoms with Crippen molar-refractivity contribution in [1.29, 1.82) is 0 Å². The molecule has 0 spiro atoms. The van der Waals surface area contributed by atoms with Crippen molar-refractivity contribution in [1.82, 2.24) is 10.3 Å². The van der Waals surface area contributed by atoms with Gasteiger partial charge in [0.05, 0.1) is 5.52 Å². The number of nitrogens with zero attached hydrogens (tertiary/aromatic N) is 1. The van der Waals surface area contributed by atoms with Crippen LogP contribution in [0.15, 0.2) is 36.5 Å². The van der Waals surface area contributed by atoms with Crippen molar-refractivity contribution < 1.29 is 4.74 Å². The maximum atomic E-state index is 5.80. The molecule has 17 heavy (non-hydrogen) atoms. The molecule has 3 heteroatoms. The third kappa shape index (κ3) is 2.39. The lowest BCUT2D eigenvalue weighted by atomic mass is 10.2. The van der Waals surface area contributed by atoms with E-state index in [-0.39, 0.29) is 0 Å². The summed E-state index contributed by atoms with van der Waals surface area (Å²) in [6.07, 6.45) is 4.28. The summed E-state index contributed by atoms with van der Waals surface area (Å²) in [6.45, 7) is 1.87. The number of ether oxygens (including phenoxy) is 1. The van der Waals surface area contributed by atoms with E-state index in [1.807, 2.05) is 24.4 Å². The standard InChI is InChI=1S/C14H16N2O/c1-3-11-5-6-13(9-14(11)16-8-1)17-10-12-4-2-7-15-12/h1,3,5-6,8-9,12,15H,2,4,7,10H2/t12-/m0/s1. The first-order chi connectivity index (χ1) is 8.42. The Kier molecular flexibility index (Phi) is 2.92. The van der Waals surface area contributed by atoms with Gasteiger partial charge >= 0.3 is 0 Å². The third-order valence-electron chi connectivity index (χ3n) is 3.19. The molecule has 0 radical (unpaired) electrons. The largest absolute Gasteiger partial charge is 0.492 e. The minimum atomic E-state index is 0.509. The van der Waals surface area contributed by atoms with Crippen molar-refractivity contribution >= 4 is 10.9 Å². The van der Waals surface area contributed by atoms with E-state index in [0.717, 1.165) is 29.8 Å². The molecule has 3 rings (SSSR count). The number of hydrogen-bond acceptors (Lipinski definition) is 3. The van der Waals surface area contributed by atoms with Crippen molar-refractivity contribution in [3.63, 3.8) is 0 Å². The first-order valence-electron chi connectivity index (χ1n) is 6.13.